The molecule has 2 rings (SSSR count). The summed E-state index contributed by atoms with van der Waals surface area (Å²) < 4.78 is 0.270. The summed E-state index contributed by atoms with van der Waals surface area (Å²) >= 11 is 2.18. The molecule has 0 amide bonds. The third kappa shape index (κ3) is 4.96. The fourth-order valence-electron chi connectivity index (χ4n) is 3.71. The predicted molar refractivity (Wildman–Crippen MR) is 100 cm³/mol. The van der Waals surface area contributed by atoms with Gasteiger partial charge in [0.05, 0.1) is 8.07 Å². The Hall–Kier alpha value is 0.821. The van der Waals surface area contributed by atoms with Crippen molar-refractivity contribution in [3.8, 4) is 0 Å². The minimum absolute atomic E-state index is 0. The van der Waals surface area contributed by atoms with E-state index in [-0.39, 0.29) is 56.3 Å². The van der Waals surface area contributed by atoms with Crippen LogP contribution in [-0.2, 0) is 21.7 Å². The maximum Gasteiger partial charge on any atom is 3.00 e. The van der Waals surface area contributed by atoms with Crippen molar-refractivity contribution in [3.05, 3.63) is 47.2 Å². The van der Waals surface area contributed by atoms with E-state index in [1.807, 2.05) is 0 Å². The Morgan fingerprint density at radius 2 is 1.83 bits per heavy atom. The molecule has 133 valence electrons. The first-order valence-electron chi connectivity index (χ1n) is 8.05. The van der Waals surface area contributed by atoms with Gasteiger partial charge in [-0.1, -0.05) is 64.6 Å². The van der Waals surface area contributed by atoms with E-state index in [0.29, 0.717) is 0 Å². The quantitative estimate of drug-likeness (QED) is 0.438. The van der Waals surface area contributed by atoms with Crippen LogP contribution in [0.1, 0.15) is 40.5 Å². The molecule has 0 aliphatic heterocycles. The van der Waals surface area contributed by atoms with Crippen LogP contribution in [-0.4, -0.2) is 18.2 Å². The van der Waals surface area contributed by atoms with Crippen molar-refractivity contribution in [3.63, 3.8) is 0 Å². The zero-order chi connectivity index (χ0) is 15.7. The molecule has 0 fully saturated rings. The monoisotopic (exact) mass is 435 g/mol. The zero-order valence-electron chi connectivity index (χ0n) is 15.7. The minimum atomic E-state index is -1.65. The molecule has 24 heavy (non-hydrogen) atoms. The fraction of sp³-hybridized carbons (Fsp3) is 0.579. The second-order valence-electron chi connectivity index (χ2n) is 7.54. The van der Waals surface area contributed by atoms with Crippen LogP contribution in [0.3, 0.4) is 0 Å². The Labute approximate surface area is 181 Å². The second kappa shape index (κ2) is 10.2. The number of rotatable bonds is 4. The molecule has 2 aliphatic rings. The molecule has 0 N–H and O–H groups in total. The normalized spacial score (nSPS) is 22.8. The SMILES string of the molecule is CCSC1([Si](C)(C)C2=[C-]CC=C2)CC=CC=C1C(C)(C)C.[Cl-].[Cl-].[Ti+3]. The van der Waals surface area contributed by atoms with E-state index in [4.69, 9.17) is 0 Å². The average Bonchev–Trinajstić information content (AvgIpc) is 2.92. The van der Waals surface area contributed by atoms with Gasteiger partial charge in [0.1, 0.15) is 0 Å². The van der Waals surface area contributed by atoms with Gasteiger partial charge >= 0.3 is 21.7 Å². The van der Waals surface area contributed by atoms with Crippen molar-refractivity contribution >= 4 is 19.8 Å². The predicted octanol–water partition coefficient (Wildman–Crippen LogP) is -0.108. The third-order valence-corrected chi connectivity index (χ3v) is 12.1. The number of hydrogen-bond acceptors (Lipinski definition) is 1. The fourth-order valence-corrected chi connectivity index (χ4v) is 10.4. The Morgan fingerprint density at radius 3 is 2.29 bits per heavy atom. The molecule has 1 radical (unpaired) electrons. The molecule has 0 spiro atoms. The molecular formula is C19H29Cl2SSiTi. The van der Waals surface area contributed by atoms with Crippen LogP contribution in [0.25, 0.3) is 0 Å². The summed E-state index contributed by atoms with van der Waals surface area (Å²) in [6.07, 6.45) is 17.5. The van der Waals surface area contributed by atoms with Crippen molar-refractivity contribution in [2.24, 2.45) is 5.41 Å². The van der Waals surface area contributed by atoms with Gasteiger partial charge in [0, 0.05) is 4.37 Å². The minimum Gasteiger partial charge on any atom is -1.00 e. The number of allylic oxidation sites excluding steroid dienone is 7. The van der Waals surface area contributed by atoms with Gasteiger partial charge in [-0.3, -0.25) is 6.08 Å². The second-order valence-corrected chi connectivity index (χ2v) is 14.1. The van der Waals surface area contributed by atoms with Gasteiger partial charge in [-0.05, 0) is 17.6 Å². The summed E-state index contributed by atoms with van der Waals surface area (Å²) in [5, 5.41) is 1.52. The third-order valence-electron chi connectivity index (χ3n) is 4.82. The van der Waals surface area contributed by atoms with E-state index in [2.05, 4.69) is 89.0 Å². The van der Waals surface area contributed by atoms with Crippen molar-refractivity contribution in [2.45, 2.75) is 58.0 Å². The van der Waals surface area contributed by atoms with Crippen molar-refractivity contribution < 1.29 is 46.5 Å². The van der Waals surface area contributed by atoms with Crippen molar-refractivity contribution in [1.82, 2.24) is 0 Å². The van der Waals surface area contributed by atoms with E-state index in [1.54, 1.807) is 5.57 Å². The van der Waals surface area contributed by atoms with Gasteiger partial charge in [0.2, 0.25) is 0 Å². The number of halogens is 2. The molecule has 0 saturated carbocycles. The average molecular weight is 436 g/mol. The largest absolute Gasteiger partial charge is 3.00 e. The molecule has 2 aliphatic carbocycles. The molecular weight excluding hydrogens is 407 g/mol. The molecule has 0 bridgehead atoms. The van der Waals surface area contributed by atoms with Gasteiger partial charge in [-0.15, -0.1) is 6.42 Å². The van der Waals surface area contributed by atoms with Gasteiger partial charge in [-0.25, -0.2) is 11.3 Å². The van der Waals surface area contributed by atoms with Crippen molar-refractivity contribution in [1.29, 1.82) is 0 Å². The van der Waals surface area contributed by atoms with Crippen LogP contribution in [0.5, 0.6) is 0 Å². The van der Waals surface area contributed by atoms with Gasteiger partial charge in [0.25, 0.3) is 0 Å². The molecule has 0 heterocycles. The zero-order valence-corrected chi connectivity index (χ0v) is 20.6. The van der Waals surface area contributed by atoms with Crippen LogP contribution < -0.4 is 24.8 Å². The first-order valence-corrected chi connectivity index (χ1v) is 12.0. The molecule has 0 aromatic heterocycles. The maximum absolute atomic E-state index is 3.65. The van der Waals surface area contributed by atoms with Crippen LogP contribution in [0.4, 0.5) is 0 Å². The first-order chi connectivity index (χ1) is 9.75. The van der Waals surface area contributed by atoms with Crippen molar-refractivity contribution in [2.75, 3.05) is 5.75 Å². The molecule has 0 nitrogen and oxygen atoms in total. The van der Waals surface area contributed by atoms with E-state index < -0.39 is 8.07 Å². The maximum atomic E-state index is 3.65. The summed E-state index contributed by atoms with van der Waals surface area (Å²) in [5.74, 6) is 1.18. The van der Waals surface area contributed by atoms with Gasteiger partial charge < -0.3 is 24.8 Å². The number of hydrogen-bond donors (Lipinski definition) is 0. The topological polar surface area (TPSA) is 0 Å². The van der Waals surface area contributed by atoms with E-state index >= 15 is 0 Å². The Morgan fingerprint density at radius 1 is 1.21 bits per heavy atom. The standard InChI is InChI=1S/C19H29SSi.2ClH.Ti/c1-7-20-19(21(5,6)16-12-8-9-13-16)15-11-10-14-17(19)18(2,3)4;;;/h8,10-12,14H,7,9,15H2,1-6H3;2*1H;/q-1;;;+3/p-2. The molecule has 0 aromatic rings. The van der Waals surface area contributed by atoms with Gasteiger partial charge in [0.15, 0.2) is 0 Å². The summed E-state index contributed by atoms with van der Waals surface area (Å²) in [6.45, 7) is 14.5. The molecule has 0 saturated heterocycles. The van der Waals surface area contributed by atoms with E-state index in [0.717, 1.165) is 6.42 Å². The smallest absolute Gasteiger partial charge is 1.00 e. The molecule has 0 aromatic carbocycles. The van der Waals surface area contributed by atoms with Crippen LogP contribution in [0, 0.1) is 11.5 Å². The van der Waals surface area contributed by atoms with E-state index in [1.165, 1.54) is 17.4 Å². The van der Waals surface area contributed by atoms with Crippen LogP contribution in [0.2, 0.25) is 13.1 Å². The first kappa shape index (κ1) is 27.0. The molecule has 1 unspecified atom stereocenters. The van der Waals surface area contributed by atoms with Crippen LogP contribution in [0.15, 0.2) is 41.1 Å². The molecule has 1 atom stereocenters. The van der Waals surface area contributed by atoms with E-state index in [9.17, 15) is 0 Å². The summed E-state index contributed by atoms with van der Waals surface area (Å²) in [6, 6.07) is 0. The Kier molecular flexibility index (Phi) is 11.5. The Balaban J connectivity index is 0. The summed E-state index contributed by atoms with van der Waals surface area (Å²) in [7, 11) is -1.65. The summed E-state index contributed by atoms with van der Waals surface area (Å²) in [5.41, 5.74) is 1.86. The van der Waals surface area contributed by atoms with Crippen LogP contribution >= 0.6 is 11.8 Å². The molecule has 5 heteroatoms. The Bertz CT molecular complexity index is 530. The van der Waals surface area contributed by atoms with Gasteiger partial charge in [-0.2, -0.15) is 17.8 Å². The number of thioether (sulfide) groups is 1. The summed E-state index contributed by atoms with van der Waals surface area (Å²) in [4.78, 5) is 0.